The second kappa shape index (κ2) is 2.77. The molecular weight excluding hydrogens is 163 g/mol. The fourth-order valence-electron chi connectivity index (χ4n) is 0.810. The lowest BCUT2D eigenvalue weighted by molar-refractivity contribution is 0.0689. The van der Waals surface area contributed by atoms with Crippen molar-refractivity contribution < 1.29 is 14.3 Å². The largest absolute Gasteiger partial charge is 0.477 e. The van der Waals surface area contributed by atoms with Crippen LogP contribution in [-0.2, 0) is 0 Å². The molecule has 0 saturated carbocycles. The Morgan fingerprint density at radius 1 is 1.75 bits per heavy atom. The van der Waals surface area contributed by atoms with Gasteiger partial charge in [0.1, 0.15) is 0 Å². The van der Waals surface area contributed by atoms with Crippen LogP contribution < -0.4 is 5.73 Å². The standard InChI is InChI=1S/C7H7FN2O2/c1-3-5(9)4(8)2-10-6(3)7(11)12/h2H,1H3,(H2,9,10)(H,11,12). The fraction of sp³-hybridized carbons (Fsp3) is 0.143. The van der Waals surface area contributed by atoms with Gasteiger partial charge in [-0.05, 0) is 6.92 Å². The number of nitrogens with zero attached hydrogens (tertiary/aromatic N) is 1. The van der Waals surface area contributed by atoms with Crippen LogP contribution in [0.2, 0.25) is 0 Å². The minimum absolute atomic E-state index is 0.155. The minimum Gasteiger partial charge on any atom is -0.477 e. The first-order valence-electron chi connectivity index (χ1n) is 3.18. The molecule has 0 unspecified atom stereocenters. The molecule has 1 aromatic heterocycles. The van der Waals surface area contributed by atoms with Crippen molar-refractivity contribution in [3.8, 4) is 0 Å². The number of rotatable bonds is 1. The lowest BCUT2D eigenvalue weighted by Gasteiger charge is -2.03. The van der Waals surface area contributed by atoms with Gasteiger partial charge in [0.2, 0.25) is 0 Å². The number of aromatic carboxylic acids is 1. The van der Waals surface area contributed by atoms with Crippen molar-refractivity contribution in [1.29, 1.82) is 0 Å². The summed E-state index contributed by atoms with van der Waals surface area (Å²) in [5.41, 5.74) is 5.02. The molecular formula is C7H7FN2O2. The number of aromatic nitrogens is 1. The molecule has 64 valence electrons. The zero-order valence-electron chi connectivity index (χ0n) is 6.34. The average Bonchev–Trinajstić information content (AvgIpc) is 2.00. The van der Waals surface area contributed by atoms with E-state index in [4.69, 9.17) is 10.8 Å². The van der Waals surface area contributed by atoms with Crippen LogP contribution in [0.5, 0.6) is 0 Å². The molecule has 5 heteroatoms. The Balaban J connectivity index is 3.36. The number of halogens is 1. The predicted molar refractivity (Wildman–Crippen MR) is 40.3 cm³/mol. The van der Waals surface area contributed by atoms with Gasteiger partial charge in [-0.2, -0.15) is 0 Å². The molecule has 0 spiro atoms. The Hall–Kier alpha value is -1.65. The molecule has 0 aliphatic heterocycles. The molecule has 0 aromatic carbocycles. The van der Waals surface area contributed by atoms with Gasteiger partial charge in [0.15, 0.2) is 11.5 Å². The van der Waals surface area contributed by atoms with Gasteiger partial charge in [0, 0.05) is 5.56 Å². The number of hydrogen-bond acceptors (Lipinski definition) is 3. The minimum atomic E-state index is -1.21. The van der Waals surface area contributed by atoms with Crippen LogP contribution in [0, 0.1) is 12.7 Å². The van der Waals surface area contributed by atoms with Crippen LogP contribution in [0.1, 0.15) is 16.1 Å². The van der Waals surface area contributed by atoms with Gasteiger partial charge >= 0.3 is 5.97 Å². The summed E-state index contributed by atoms with van der Waals surface area (Å²) in [7, 11) is 0. The van der Waals surface area contributed by atoms with E-state index in [1.807, 2.05) is 0 Å². The molecule has 4 nitrogen and oxygen atoms in total. The summed E-state index contributed by atoms with van der Waals surface area (Å²) in [5.74, 6) is -1.91. The first-order valence-corrected chi connectivity index (χ1v) is 3.18. The van der Waals surface area contributed by atoms with Crippen LogP contribution in [0.4, 0.5) is 10.1 Å². The summed E-state index contributed by atoms with van der Waals surface area (Å²) in [6.07, 6.45) is 0.797. The van der Waals surface area contributed by atoms with Crippen LogP contribution in [0.3, 0.4) is 0 Å². The van der Waals surface area contributed by atoms with E-state index in [0.29, 0.717) is 0 Å². The maximum atomic E-state index is 12.6. The summed E-state index contributed by atoms with van der Waals surface area (Å²) in [5, 5.41) is 8.54. The molecule has 0 saturated heterocycles. The predicted octanol–water partition coefficient (Wildman–Crippen LogP) is 0.810. The lowest BCUT2D eigenvalue weighted by Crippen LogP contribution is -2.07. The van der Waals surface area contributed by atoms with Crippen LogP contribution in [0.25, 0.3) is 0 Å². The molecule has 0 amide bonds. The Morgan fingerprint density at radius 3 is 2.83 bits per heavy atom. The van der Waals surface area contributed by atoms with E-state index >= 15 is 0 Å². The highest BCUT2D eigenvalue weighted by molar-refractivity contribution is 5.88. The zero-order chi connectivity index (χ0) is 9.30. The second-order valence-electron chi connectivity index (χ2n) is 2.30. The molecule has 1 heterocycles. The van der Waals surface area contributed by atoms with E-state index in [0.717, 1.165) is 6.20 Å². The summed E-state index contributed by atoms with van der Waals surface area (Å²) in [6.45, 7) is 1.41. The molecule has 3 N–H and O–H groups in total. The molecule has 0 atom stereocenters. The highest BCUT2D eigenvalue weighted by Crippen LogP contribution is 2.16. The summed E-state index contributed by atoms with van der Waals surface area (Å²) in [4.78, 5) is 13.8. The van der Waals surface area contributed by atoms with Crippen molar-refractivity contribution in [2.24, 2.45) is 0 Å². The van der Waals surface area contributed by atoms with Gasteiger partial charge in [-0.3, -0.25) is 0 Å². The van der Waals surface area contributed by atoms with Crippen molar-refractivity contribution in [1.82, 2.24) is 4.98 Å². The Kier molecular flexibility index (Phi) is 1.95. The SMILES string of the molecule is Cc1c(C(=O)O)ncc(F)c1N. The van der Waals surface area contributed by atoms with Crippen LogP contribution in [0.15, 0.2) is 6.20 Å². The monoisotopic (exact) mass is 170 g/mol. The van der Waals surface area contributed by atoms with Crippen molar-refractivity contribution in [3.05, 3.63) is 23.3 Å². The molecule has 1 rings (SSSR count). The van der Waals surface area contributed by atoms with Gasteiger partial charge in [-0.1, -0.05) is 0 Å². The number of nitrogen functional groups attached to an aromatic ring is 1. The topological polar surface area (TPSA) is 76.2 Å². The van der Waals surface area contributed by atoms with E-state index in [2.05, 4.69) is 4.98 Å². The summed E-state index contributed by atoms with van der Waals surface area (Å²) >= 11 is 0. The highest BCUT2D eigenvalue weighted by Gasteiger charge is 2.13. The number of hydrogen-bond donors (Lipinski definition) is 2. The first kappa shape index (κ1) is 8.45. The third kappa shape index (κ3) is 1.20. The third-order valence-electron chi connectivity index (χ3n) is 1.53. The number of nitrogens with two attached hydrogens (primary N) is 1. The molecule has 0 radical (unpaired) electrons. The van der Waals surface area contributed by atoms with E-state index in [1.54, 1.807) is 0 Å². The Bertz CT molecular complexity index is 338. The third-order valence-corrected chi connectivity index (χ3v) is 1.53. The van der Waals surface area contributed by atoms with E-state index < -0.39 is 11.8 Å². The van der Waals surface area contributed by atoms with E-state index in [1.165, 1.54) is 6.92 Å². The summed E-state index contributed by atoms with van der Waals surface area (Å²) < 4.78 is 12.6. The second-order valence-corrected chi connectivity index (χ2v) is 2.30. The number of carboxylic acid groups (broad SMARTS) is 1. The van der Waals surface area contributed by atoms with Crippen molar-refractivity contribution in [2.75, 3.05) is 5.73 Å². The van der Waals surface area contributed by atoms with Gasteiger partial charge in [-0.25, -0.2) is 14.2 Å². The number of carbonyl (C=O) groups is 1. The molecule has 1 aromatic rings. The normalized spacial score (nSPS) is 9.83. The summed E-state index contributed by atoms with van der Waals surface area (Å²) in [6, 6.07) is 0. The van der Waals surface area contributed by atoms with Gasteiger partial charge in [-0.15, -0.1) is 0 Å². The van der Waals surface area contributed by atoms with E-state index in [9.17, 15) is 9.18 Å². The Labute approximate surface area is 67.8 Å². The van der Waals surface area contributed by atoms with Crippen molar-refractivity contribution >= 4 is 11.7 Å². The molecule has 0 fully saturated rings. The lowest BCUT2D eigenvalue weighted by atomic mass is 10.2. The van der Waals surface area contributed by atoms with Gasteiger partial charge in [0.05, 0.1) is 11.9 Å². The van der Waals surface area contributed by atoms with Crippen molar-refractivity contribution in [2.45, 2.75) is 6.92 Å². The number of carboxylic acids is 1. The van der Waals surface area contributed by atoms with Gasteiger partial charge < -0.3 is 10.8 Å². The smallest absolute Gasteiger partial charge is 0.354 e. The van der Waals surface area contributed by atoms with Crippen LogP contribution in [-0.4, -0.2) is 16.1 Å². The quantitative estimate of drug-likeness (QED) is 0.653. The van der Waals surface area contributed by atoms with Crippen LogP contribution >= 0.6 is 0 Å². The maximum absolute atomic E-state index is 12.6. The Morgan fingerprint density at radius 2 is 2.33 bits per heavy atom. The number of pyridine rings is 1. The van der Waals surface area contributed by atoms with E-state index in [-0.39, 0.29) is 16.9 Å². The molecule has 0 bridgehead atoms. The first-order chi connectivity index (χ1) is 5.54. The molecule has 0 aliphatic rings. The maximum Gasteiger partial charge on any atom is 0.354 e. The highest BCUT2D eigenvalue weighted by atomic mass is 19.1. The fourth-order valence-corrected chi connectivity index (χ4v) is 0.810. The molecule has 0 aliphatic carbocycles. The zero-order valence-corrected chi connectivity index (χ0v) is 6.34. The number of anilines is 1. The molecule has 12 heavy (non-hydrogen) atoms. The van der Waals surface area contributed by atoms with Gasteiger partial charge in [0.25, 0.3) is 0 Å². The average molecular weight is 170 g/mol. The van der Waals surface area contributed by atoms with Crippen molar-refractivity contribution in [3.63, 3.8) is 0 Å².